The highest BCUT2D eigenvalue weighted by atomic mass is 19.1. The smallest absolute Gasteiger partial charge is 0.255 e. The molecule has 1 aromatic carbocycles. The largest absolute Gasteiger partial charge is 0.493 e. The SMILES string of the molecule is Cc1cc(C)n2ccc(C(=O)NC3CCOc4cc(F)ccc43)c2n1. The van der Waals surface area contributed by atoms with Crippen molar-refractivity contribution in [1.29, 1.82) is 0 Å². The lowest BCUT2D eigenvalue weighted by Gasteiger charge is -2.26. The zero-order valence-electron chi connectivity index (χ0n) is 14.0. The minimum atomic E-state index is -0.348. The van der Waals surface area contributed by atoms with Crippen LogP contribution in [-0.4, -0.2) is 21.9 Å². The van der Waals surface area contributed by atoms with Gasteiger partial charge in [0, 0.05) is 35.6 Å². The van der Waals surface area contributed by atoms with Gasteiger partial charge in [0.2, 0.25) is 0 Å². The van der Waals surface area contributed by atoms with Crippen molar-refractivity contribution < 1.29 is 13.9 Å². The number of amides is 1. The average molecular weight is 339 g/mol. The molecule has 1 aliphatic rings. The van der Waals surface area contributed by atoms with E-state index in [-0.39, 0.29) is 17.8 Å². The van der Waals surface area contributed by atoms with Crippen LogP contribution >= 0.6 is 0 Å². The lowest BCUT2D eigenvalue weighted by Crippen LogP contribution is -2.32. The van der Waals surface area contributed by atoms with Crippen molar-refractivity contribution in [2.45, 2.75) is 26.3 Å². The lowest BCUT2D eigenvalue weighted by atomic mass is 10.00. The fraction of sp³-hybridized carbons (Fsp3) is 0.263. The quantitative estimate of drug-likeness (QED) is 0.779. The van der Waals surface area contributed by atoms with Gasteiger partial charge in [-0.1, -0.05) is 6.07 Å². The van der Waals surface area contributed by atoms with Crippen LogP contribution in [0.15, 0.2) is 36.5 Å². The molecule has 128 valence electrons. The number of carbonyl (C=O) groups is 1. The van der Waals surface area contributed by atoms with Gasteiger partial charge in [-0.3, -0.25) is 4.79 Å². The summed E-state index contributed by atoms with van der Waals surface area (Å²) in [7, 11) is 0. The molecular weight excluding hydrogens is 321 g/mol. The minimum absolute atomic E-state index is 0.192. The van der Waals surface area contributed by atoms with Crippen molar-refractivity contribution in [1.82, 2.24) is 14.7 Å². The second kappa shape index (κ2) is 5.88. The van der Waals surface area contributed by atoms with E-state index in [4.69, 9.17) is 4.74 Å². The highest BCUT2D eigenvalue weighted by Gasteiger charge is 2.25. The van der Waals surface area contributed by atoms with Gasteiger partial charge in [0.25, 0.3) is 5.91 Å². The summed E-state index contributed by atoms with van der Waals surface area (Å²) in [6.45, 7) is 4.33. The van der Waals surface area contributed by atoms with E-state index in [2.05, 4.69) is 10.3 Å². The number of benzene rings is 1. The second-order valence-electron chi connectivity index (χ2n) is 6.31. The monoisotopic (exact) mass is 339 g/mol. The number of hydrogen-bond donors (Lipinski definition) is 1. The number of ether oxygens (including phenoxy) is 1. The molecule has 0 bridgehead atoms. The van der Waals surface area contributed by atoms with Gasteiger partial charge in [-0.2, -0.15) is 0 Å². The first kappa shape index (κ1) is 15.6. The molecule has 3 heterocycles. The Kier molecular flexibility index (Phi) is 3.67. The zero-order chi connectivity index (χ0) is 17.6. The molecule has 0 saturated heterocycles. The number of aryl methyl sites for hydroxylation is 2. The van der Waals surface area contributed by atoms with Crippen LogP contribution in [-0.2, 0) is 0 Å². The predicted molar refractivity (Wildman–Crippen MR) is 91.4 cm³/mol. The maximum absolute atomic E-state index is 13.4. The number of halogens is 1. The highest BCUT2D eigenvalue weighted by molar-refractivity contribution is 6.00. The van der Waals surface area contributed by atoms with Crippen LogP contribution in [0.25, 0.3) is 5.65 Å². The van der Waals surface area contributed by atoms with Crippen LogP contribution < -0.4 is 10.1 Å². The molecule has 1 N–H and O–H groups in total. The van der Waals surface area contributed by atoms with Crippen LogP contribution in [0.1, 0.15) is 39.8 Å². The number of rotatable bonds is 2. The van der Waals surface area contributed by atoms with Crippen molar-refractivity contribution in [2.75, 3.05) is 6.61 Å². The molecule has 0 spiro atoms. The number of aromatic nitrogens is 2. The van der Waals surface area contributed by atoms with Crippen LogP contribution in [0.5, 0.6) is 5.75 Å². The van der Waals surface area contributed by atoms with Gasteiger partial charge in [-0.05, 0) is 32.0 Å². The minimum Gasteiger partial charge on any atom is -0.493 e. The number of nitrogens with zero attached hydrogens (tertiary/aromatic N) is 2. The molecule has 1 atom stereocenters. The summed E-state index contributed by atoms with van der Waals surface area (Å²) in [6, 6.07) is 7.94. The fourth-order valence-electron chi connectivity index (χ4n) is 3.32. The van der Waals surface area contributed by atoms with Crippen molar-refractivity contribution in [3.63, 3.8) is 0 Å². The van der Waals surface area contributed by atoms with Gasteiger partial charge < -0.3 is 14.5 Å². The van der Waals surface area contributed by atoms with E-state index < -0.39 is 0 Å². The molecule has 25 heavy (non-hydrogen) atoms. The summed E-state index contributed by atoms with van der Waals surface area (Å²) in [6.07, 6.45) is 2.49. The Labute approximate surface area is 144 Å². The van der Waals surface area contributed by atoms with Gasteiger partial charge >= 0.3 is 0 Å². The Morgan fingerprint density at radius 3 is 3.00 bits per heavy atom. The Morgan fingerprint density at radius 1 is 1.32 bits per heavy atom. The summed E-state index contributed by atoms with van der Waals surface area (Å²) in [5.74, 6) is -0.0513. The van der Waals surface area contributed by atoms with E-state index in [1.165, 1.54) is 12.1 Å². The van der Waals surface area contributed by atoms with E-state index in [0.717, 1.165) is 17.0 Å². The standard InChI is InChI=1S/C19H18FN3O2/c1-11-9-12(2)23-7-5-15(18(23)21-11)19(24)22-16-6-8-25-17-10-13(20)3-4-14(16)17/h3-5,7,9-10,16H,6,8H2,1-2H3,(H,22,24). The number of nitrogens with one attached hydrogen (secondary N) is 1. The Balaban J connectivity index is 1.66. The van der Waals surface area contributed by atoms with Crippen molar-refractivity contribution in [3.8, 4) is 5.75 Å². The zero-order valence-corrected chi connectivity index (χ0v) is 14.0. The van der Waals surface area contributed by atoms with E-state index in [9.17, 15) is 9.18 Å². The molecule has 0 radical (unpaired) electrons. The summed E-state index contributed by atoms with van der Waals surface area (Å²) in [5.41, 5.74) is 3.85. The highest BCUT2D eigenvalue weighted by Crippen LogP contribution is 2.32. The molecule has 4 rings (SSSR count). The molecule has 0 aliphatic carbocycles. The molecular formula is C19H18FN3O2. The van der Waals surface area contributed by atoms with E-state index >= 15 is 0 Å². The Hall–Kier alpha value is -2.89. The lowest BCUT2D eigenvalue weighted by molar-refractivity contribution is 0.0926. The summed E-state index contributed by atoms with van der Waals surface area (Å²) in [5, 5.41) is 3.03. The molecule has 6 heteroatoms. The fourth-order valence-corrected chi connectivity index (χ4v) is 3.32. The summed E-state index contributed by atoms with van der Waals surface area (Å²) < 4.78 is 20.8. The van der Waals surface area contributed by atoms with E-state index in [1.54, 1.807) is 12.1 Å². The maximum atomic E-state index is 13.4. The van der Waals surface area contributed by atoms with Crippen LogP contribution in [0.2, 0.25) is 0 Å². The van der Waals surface area contributed by atoms with Gasteiger partial charge in [0.05, 0.1) is 18.2 Å². The maximum Gasteiger partial charge on any atom is 0.255 e. The van der Waals surface area contributed by atoms with Crippen LogP contribution in [0.4, 0.5) is 4.39 Å². The van der Waals surface area contributed by atoms with Crippen LogP contribution in [0, 0.1) is 19.7 Å². The molecule has 1 amide bonds. The van der Waals surface area contributed by atoms with E-state index in [0.29, 0.717) is 30.0 Å². The van der Waals surface area contributed by atoms with Gasteiger partial charge in [0.15, 0.2) is 0 Å². The van der Waals surface area contributed by atoms with Gasteiger partial charge in [0.1, 0.15) is 17.2 Å². The predicted octanol–water partition coefficient (Wildman–Crippen LogP) is 3.34. The third-order valence-corrected chi connectivity index (χ3v) is 4.50. The summed E-state index contributed by atoms with van der Waals surface area (Å²) >= 11 is 0. The first-order valence-electron chi connectivity index (χ1n) is 8.21. The number of hydrogen-bond acceptors (Lipinski definition) is 3. The normalized spacial score (nSPS) is 16.4. The molecule has 0 saturated carbocycles. The number of carbonyl (C=O) groups excluding carboxylic acids is 1. The second-order valence-corrected chi connectivity index (χ2v) is 6.31. The van der Waals surface area contributed by atoms with Crippen LogP contribution in [0.3, 0.4) is 0 Å². The number of fused-ring (bicyclic) bond motifs is 2. The third-order valence-electron chi connectivity index (χ3n) is 4.50. The molecule has 3 aromatic rings. The van der Waals surface area contributed by atoms with Crippen molar-refractivity contribution in [3.05, 3.63) is 64.9 Å². The van der Waals surface area contributed by atoms with Crippen molar-refractivity contribution >= 4 is 11.6 Å². The van der Waals surface area contributed by atoms with Crippen molar-refractivity contribution in [2.24, 2.45) is 0 Å². The topological polar surface area (TPSA) is 55.6 Å². The molecule has 1 unspecified atom stereocenters. The summed E-state index contributed by atoms with van der Waals surface area (Å²) in [4.78, 5) is 17.3. The van der Waals surface area contributed by atoms with Gasteiger partial charge in [-0.25, -0.2) is 9.37 Å². The molecule has 1 aliphatic heterocycles. The first-order chi connectivity index (χ1) is 12.0. The molecule has 2 aromatic heterocycles. The first-order valence-corrected chi connectivity index (χ1v) is 8.21. The average Bonchev–Trinajstić information content (AvgIpc) is 2.99. The Morgan fingerprint density at radius 2 is 2.16 bits per heavy atom. The third kappa shape index (κ3) is 2.73. The Bertz CT molecular complexity index is 980. The van der Waals surface area contributed by atoms with E-state index in [1.807, 2.05) is 30.5 Å². The molecule has 0 fully saturated rings. The molecule has 5 nitrogen and oxygen atoms in total. The van der Waals surface area contributed by atoms with Gasteiger partial charge in [-0.15, -0.1) is 0 Å².